The van der Waals surface area contributed by atoms with Crippen LogP contribution in [-0.2, 0) is 19.1 Å². The molecule has 8 heteroatoms. The quantitative estimate of drug-likeness (QED) is 0.361. The summed E-state index contributed by atoms with van der Waals surface area (Å²) in [5.41, 5.74) is -3.44. The van der Waals surface area contributed by atoms with Gasteiger partial charge in [-0.1, -0.05) is 29.8 Å². The molecule has 2 aromatic rings. The minimum atomic E-state index is -2.83. The van der Waals surface area contributed by atoms with Crippen molar-refractivity contribution in [3.63, 3.8) is 0 Å². The molecule has 1 saturated heterocycles. The van der Waals surface area contributed by atoms with Crippen molar-refractivity contribution in [2.75, 3.05) is 12.0 Å². The zero-order chi connectivity index (χ0) is 19.8. The van der Waals surface area contributed by atoms with Crippen LogP contribution >= 0.6 is 11.6 Å². The summed E-state index contributed by atoms with van der Waals surface area (Å²) in [6.45, 7) is 0. The highest BCUT2D eigenvalue weighted by Gasteiger charge is 2.62. The molecule has 0 saturated carbocycles. The molecule has 2 N–H and O–H groups in total. The van der Waals surface area contributed by atoms with Crippen LogP contribution in [0.25, 0.3) is 5.76 Å². The zero-order valence-electron chi connectivity index (χ0n) is 14.0. The van der Waals surface area contributed by atoms with Crippen LogP contribution in [0.4, 0.5) is 5.69 Å². The van der Waals surface area contributed by atoms with Crippen molar-refractivity contribution in [3.05, 3.63) is 70.8 Å². The molecule has 0 spiro atoms. The number of aliphatic hydroxyl groups excluding tert-OH is 1. The number of para-hydroxylation sites is 1. The van der Waals surface area contributed by atoms with Crippen molar-refractivity contribution in [1.29, 1.82) is 0 Å². The number of ether oxygens (including phenoxy) is 1. The summed E-state index contributed by atoms with van der Waals surface area (Å²) in [4.78, 5) is 38.2. The first-order valence-electron chi connectivity index (χ1n) is 7.76. The number of benzene rings is 2. The van der Waals surface area contributed by atoms with E-state index < -0.39 is 34.7 Å². The summed E-state index contributed by atoms with van der Waals surface area (Å²) in [6.07, 6.45) is 0. The highest BCUT2D eigenvalue weighted by Crippen LogP contribution is 2.39. The van der Waals surface area contributed by atoms with E-state index in [9.17, 15) is 24.6 Å². The number of amides is 1. The Morgan fingerprint density at radius 1 is 1.07 bits per heavy atom. The Hall–Kier alpha value is -3.16. The molecule has 1 amide bonds. The highest BCUT2D eigenvalue weighted by atomic mass is 35.5. The third kappa shape index (κ3) is 2.87. The summed E-state index contributed by atoms with van der Waals surface area (Å²) >= 11 is 5.81. The normalized spacial score (nSPS) is 21.4. The van der Waals surface area contributed by atoms with Crippen molar-refractivity contribution in [1.82, 2.24) is 0 Å². The number of carbonyl (C=O) groups is 3. The van der Waals surface area contributed by atoms with Gasteiger partial charge in [0, 0.05) is 16.3 Å². The van der Waals surface area contributed by atoms with E-state index in [2.05, 4.69) is 4.74 Å². The summed E-state index contributed by atoms with van der Waals surface area (Å²) in [5, 5.41) is 22.1. The third-order valence-electron chi connectivity index (χ3n) is 4.14. The van der Waals surface area contributed by atoms with Gasteiger partial charge in [-0.25, -0.2) is 4.79 Å². The van der Waals surface area contributed by atoms with E-state index >= 15 is 0 Å². The van der Waals surface area contributed by atoms with E-state index in [1.54, 1.807) is 18.2 Å². The van der Waals surface area contributed by atoms with Gasteiger partial charge in [-0.3, -0.25) is 14.5 Å². The molecule has 0 aromatic heterocycles. The Morgan fingerprint density at radius 3 is 2.22 bits per heavy atom. The van der Waals surface area contributed by atoms with E-state index in [0.717, 1.165) is 7.11 Å². The molecular formula is C19H14ClNO6. The van der Waals surface area contributed by atoms with Gasteiger partial charge < -0.3 is 14.9 Å². The number of rotatable bonds is 3. The Labute approximate surface area is 159 Å². The molecule has 2 aromatic carbocycles. The van der Waals surface area contributed by atoms with Crippen molar-refractivity contribution in [3.8, 4) is 0 Å². The number of methoxy groups -OCH3 is 1. The van der Waals surface area contributed by atoms with E-state index in [4.69, 9.17) is 11.6 Å². The summed E-state index contributed by atoms with van der Waals surface area (Å²) in [5.74, 6) is -4.42. The van der Waals surface area contributed by atoms with Gasteiger partial charge in [-0.15, -0.1) is 0 Å². The van der Waals surface area contributed by atoms with Crippen LogP contribution in [0.15, 0.2) is 60.2 Å². The standard InChI is InChI=1S/C19H14ClNO6/c1-27-18(25)19(26)14(15(22)11-7-9-12(20)10-8-11)16(23)17(24)21(19)13-5-3-2-4-6-13/h2-10,22,26H,1H3/b15-14+. The lowest BCUT2D eigenvalue weighted by Crippen LogP contribution is -2.54. The first kappa shape index (κ1) is 18.6. The number of halogens is 1. The Bertz CT molecular complexity index is 954. The molecule has 138 valence electrons. The average molecular weight is 388 g/mol. The molecule has 1 atom stereocenters. The molecule has 1 heterocycles. The lowest BCUT2D eigenvalue weighted by molar-refractivity contribution is -0.158. The first-order valence-corrected chi connectivity index (χ1v) is 8.14. The van der Waals surface area contributed by atoms with Crippen LogP contribution in [0.1, 0.15) is 5.56 Å². The van der Waals surface area contributed by atoms with Crippen LogP contribution in [0.2, 0.25) is 5.02 Å². The van der Waals surface area contributed by atoms with Gasteiger partial charge in [-0.05, 0) is 36.4 Å². The molecule has 0 radical (unpaired) electrons. The van der Waals surface area contributed by atoms with E-state index in [-0.39, 0.29) is 11.3 Å². The Kier molecular flexibility index (Phi) is 4.73. The van der Waals surface area contributed by atoms with E-state index in [1.807, 2.05) is 0 Å². The maximum absolute atomic E-state index is 12.6. The lowest BCUT2D eigenvalue weighted by atomic mass is 9.97. The van der Waals surface area contributed by atoms with Gasteiger partial charge in [0.2, 0.25) is 0 Å². The third-order valence-corrected chi connectivity index (χ3v) is 4.39. The minimum Gasteiger partial charge on any atom is -0.507 e. The molecule has 1 aliphatic rings. The predicted molar refractivity (Wildman–Crippen MR) is 96.9 cm³/mol. The molecular weight excluding hydrogens is 374 g/mol. The van der Waals surface area contributed by atoms with Gasteiger partial charge in [0.25, 0.3) is 11.5 Å². The smallest absolute Gasteiger partial charge is 0.365 e. The fourth-order valence-corrected chi connectivity index (χ4v) is 2.99. The second-order valence-electron chi connectivity index (χ2n) is 5.70. The number of Topliss-reactive ketones (excluding diaryl/α,β-unsaturated/α-hetero) is 1. The van der Waals surface area contributed by atoms with Crippen molar-refractivity contribution in [2.24, 2.45) is 0 Å². The van der Waals surface area contributed by atoms with Gasteiger partial charge in [-0.2, -0.15) is 0 Å². The van der Waals surface area contributed by atoms with Crippen molar-refractivity contribution in [2.45, 2.75) is 5.72 Å². The number of anilines is 1. The fraction of sp³-hybridized carbons (Fsp3) is 0.105. The molecule has 0 bridgehead atoms. The largest absolute Gasteiger partial charge is 0.507 e. The molecule has 1 fully saturated rings. The maximum atomic E-state index is 12.6. The van der Waals surface area contributed by atoms with Gasteiger partial charge >= 0.3 is 11.9 Å². The molecule has 7 nitrogen and oxygen atoms in total. The predicted octanol–water partition coefficient (Wildman–Crippen LogP) is 2.09. The van der Waals surface area contributed by atoms with Crippen LogP contribution in [0.5, 0.6) is 0 Å². The zero-order valence-corrected chi connectivity index (χ0v) is 14.8. The van der Waals surface area contributed by atoms with Crippen molar-refractivity contribution < 1.29 is 29.3 Å². The van der Waals surface area contributed by atoms with Crippen LogP contribution in [0, 0.1) is 0 Å². The number of esters is 1. The molecule has 3 rings (SSSR count). The minimum absolute atomic E-state index is 0.0858. The Morgan fingerprint density at radius 2 is 1.67 bits per heavy atom. The monoisotopic (exact) mass is 387 g/mol. The number of aliphatic hydroxyl groups is 2. The topological polar surface area (TPSA) is 104 Å². The number of ketones is 1. The number of hydrogen-bond acceptors (Lipinski definition) is 6. The number of carbonyl (C=O) groups excluding carboxylic acids is 3. The Balaban J connectivity index is 2.28. The molecule has 0 aliphatic carbocycles. The SMILES string of the molecule is COC(=O)C1(O)/C(=C(/O)c2ccc(Cl)cc2)C(=O)C(=O)N1c1ccccc1. The second-order valence-corrected chi connectivity index (χ2v) is 6.14. The van der Waals surface area contributed by atoms with Gasteiger partial charge in [0.15, 0.2) is 0 Å². The van der Waals surface area contributed by atoms with Crippen LogP contribution < -0.4 is 4.90 Å². The van der Waals surface area contributed by atoms with Gasteiger partial charge in [0.05, 0.1) is 7.11 Å². The van der Waals surface area contributed by atoms with Crippen molar-refractivity contribution >= 4 is 40.7 Å². The second kappa shape index (κ2) is 6.86. The summed E-state index contributed by atoms with van der Waals surface area (Å²) in [6, 6.07) is 13.3. The maximum Gasteiger partial charge on any atom is 0.365 e. The van der Waals surface area contributed by atoms with Gasteiger partial charge in [0.1, 0.15) is 11.3 Å². The first-order chi connectivity index (χ1) is 12.8. The number of hydrogen-bond donors (Lipinski definition) is 2. The molecule has 1 unspecified atom stereocenters. The number of nitrogens with zero attached hydrogens (tertiary/aromatic N) is 1. The highest BCUT2D eigenvalue weighted by molar-refractivity contribution is 6.54. The van der Waals surface area contributed by atoms with Crippen LogP contribution in [-0.4, -0.2) is 40.7 Å². The lowest BCUT2D eigenvalue weighted by Gasteiger charge is -2.30. The molecule has 27 heavy (non-hydrogen) atoms. The summed E-state index contributed by atoms with van der Waals surface area (Å²) < 4.78 is 4.62. The summed E-state index contributed by atoms with van der Waals surface area (Å²) in [7, 11) is 0.994. The fourth-order valence-electron chi connectivity index (χ4n) is 2.87. The molecule has 1 aliphatic heterocycles. The van der Waals surface area contributed by atoms with E-state index in [0.29, 0.717) is 9.92 Å². The average Bonchev–Trinajstić information content (AvgIpc) is 2.88. The van der Waals surface area contributed by atoms with Crippen LogP contribution in [0.3, 0.4) is 0 Å². The van der Waals surface area contributed by atoms with E-state index in [1.165, 1.54) is 36.4 Å².